The first-order valence-electron chi connectivity index (χ1n) is 13.7. The van der Waals surface area contributed by atoms with Crippen molar-refractivity contribution in [2.75, 3.05) is 11.9 Å². The third kappa shape index (κ3) is 6.47. The quantitative estimate of drug-likeness (QED) is 0.101. The highest BCUT2D eigenvalue weighted by atomic mass is 32.2. The minimum absolute atomic E-state index is 0.0412. The summed E-state index contributed by atoms with van der Waals surface area (Å²) in [4.78, 5) is 24.7. The van der Waals surface area contributed by atoms with Crippen LogP contribution in [0.25, 0.3) is 0 Å². The number of hydroxylamine groups is 1. The van der Waals surface area contributed by atoms with Crippen LogP contribution in [0.3, 0.4) is 0 Å². The molecule has 3 aromatic carbocycles. The fourth-order valence-corrected chi connectivity index (χ4v) is 6.64. The molecule has 14 heteroatoms. The van der Waals surface area contributed by atoms with E-state index < -0.39 is 61.9 Å². The van der Waals surface area contributed by atoms with Crippen molar-refractivity contribution in [3.05, 3.63) is 94.3 Å². The summed E-state index contributed by atoms with van der Waals surface area (Å²) in [6.07, 6.45) is 5.60. The van der Waals surface area contributed by atoms with Gasteiger partial charge in [0.2, 0.25) is 21.7 Å². The molecule has 4 rings (SSSR count). The van der Waals surface area contributed by atoms with Gasteiger partial charge in [-0.05, 0) is 61.1 Å². The van der Waals surface area contributed by atoms with Gasteiger partial charge in [-0.15, -0.1) is 0 Å². The van der Waals surface area contributed by atoms with Gasteiger partial charge in [0.15, 0.2) is 28.2 Å². The number of likely N-dealkylation sites (N-methyl/N-ethyl adjacent to an activating group) is 1. The average molecular weight is 640 g/mol. The second-order valence-corrected chi connectivity index (χ2v) is 12.5. The van der Waals surface area contributed by atoms with Gasteiger partial charge in [0, 0.05) is 18.3 Å². The van der Waals surface area contributed by atoms with E-state index in [0.29, 0.717) is 11.5 Å². The molecule has 1 fully saturated rings. The molecular weight excluding hydrogens is 609 g/mol. The lowest BCUT2D eigenvalue weighted by Crippen LogP contribution is -2.48. The number of anilines is 1. The average Bonchev–Trinajstić information content (AvgIpc) is 3.04. The van der Waals surface area contributed by atoms with Gasteiger partial charge >= 0.3 is 0 Å². The van der Waals surface area contributed by atoms with E-state index in [4.69, 9.17) is 5.21 Å². The topological polar surface area (TPSA) is 107 Å². The van der Waals surface area contributed by atoms with Crippen LogP contribution in [-0.2, 0) is 21.4 Å². The predicted octanol–water partition coefficient (Wildman–Crippen LogP) is 5.79. The first-order chi connectivity index (χ1) is 20.8. The Morgan fingerprint density at radius 2 is 1.39 bits per heavy atom. The van der Waals surface area contributed by atoms with E-state index >= 15 is 0 Å². The Labute approximate surface area is 251 Å². The summed E-state index contributed by atoms with van der Waals surface area (Å²) in [5, 5.41) is 8.91. The minimum atomic E-state index is -5.43. The number of carbonyl (C=O) groups excluding carboxylic acids is 2. The van der Waals surface area contributed by atoms with E-state index in [1.165, 1.54) is 36.2 Å². The van der Waals surface area contributed by atoms with E-state index in [-0.39, 0.29) is 22.1 Å². The van der Waals surface area contributed by atoms with Crippen LogP contribution < -0.4 is 10.4 Å². The lowest BCUT2D eigenvalue weighted by Gasteiger charge is -2.31. The van der Waals surface area contributed by atoms with Crippen LogP contribution >= 0.6 is 0 Å². The molecule has 1 saturated carbocycles. The van der Waals surface area contributed by atoms with Gasteiger partial charge < -0.3 is 4.90 Å². The molecular formula is C30H30F5N3O5S. The molecule has 1 aliphatic carbocycles. The molecule has 1 aliphatic rings. The molecule has 8 nitrogen and oxygen atoms in total. The zero-order chi connectivity index (χ0) is 32.3. The molecule has 0 bridgehead atoms. The van der Waals surface area contributed by atoms with Crippen molar-refractivity contribution in [1.29, 1.82) is 0 Å². The van der Waals surface area contributed by atoms with E-state index in [2.05, 4.69) is 0 Å². The molecule has 0 unspecified atom stereocenters. The molecule has 0 spiro atoms. The molecule has 0 saturated heterocycles. The van der Waals surface area contributed by atoms with E-state index in [9.17, 15) is 40.0 Å². The number of nitrogens with one attached hydrogen (secondary N) is 1. The standard InChI is InChI=1S/C30H30F5N3O5S/c1-17(37(2)44(42,43)28-26(34)24(32)23(31)25(33)27(28)35)30(40)38(22-14-12-21(13-15-22)29(39)36-41)16-18-8-10-20(11-9-18)19-6-4-3-5-7-19/h8-15,17,19,41H,3-7,16H2,1-2H3,(H,36,39)/t17-/m0/s1. The van der Waals surface area contributed by atoms with Gasteiger partial charge in [0.05, 0.1) is 6.54 Å². The van der Waals surface area contributed by atoms with Gasteiger partial charge in [0.1, 0.15) is 6.04 Å². The van der Waals surface area contributed by atoms with Crippen molar-refractivity contribution in [2.24, 2.45) is 0 Å². The fourth-order valence-electron chi connectivity index (χ4n) is 5.21. The van der Waals surface area contributed by atoms with Crippen molar-refractivity contribution in [3.63, 3.8) is 0 Å². The monoisotopic (exact) mass is 639 g/mol. The highest BCUT2D eigenvalue weighted by molar-refractivity contribution is 7.89. The van der Waals surface area contributed by atoms with E-state index in [1.54, 1.807) is 0 Å². The summed E-state index contributed by atoms with van der Waals surface area (Å²) in [6.45, 7) is 0.995. The van der Waals surface area contributed by atoms with Gasteiger partial charge in [-0.2, -0.15) is 4.31 Å². The Kier molecular flexibility index (Phi) is 10.1. The smallest absolute Gasteiger partial charge is 0.274 e. The van der Waals surface area contributed by atoms with Crippen LogP contribution in [0, 0.1) is 29.1 Å². The number of hydrogen-bond acceptors (Lipinski definition) is 5. The predicted molar refractivity (Wildman–Crippen MR) is 150 cm³/mol. The zero-order valence-corrected chi connectivity index (χ0v) is 24.6. The molecule has 2 N–H and O–H groups in total. The maximum Gasteiger partial charge on any atom is 0.274 e. The Bertz CT molecular complexity index is 1620. The van der Waals surface area contributed by atoms with Crippen molar-refractivity contribution < 1.29 is 45.2 Å². The Hall–Kier alpha value is -3.88. The Morgan fingerprint density at radius 1 is 0.864 bits per heavy atom. The maximum atomic E-state index is 14.5. The Morgan fingerprint density at radius 3 is 1.91 bits per heavy atom. The number of hydrogen-bond donors (Lipinski definition) is 2. The molecule has 3 aromatic rings. The summed E-state index contributed by atoms with van der Waals surface area (Å²) in [6, 6.07) is 11.2. The summed E-state index contributed by atoms with van der Waals surface area (Å²) < 4.78 is 96.7. The number of nitrogens with zero attached hydrogens (tertiary/aromatic N) is 2. The normalized spacial score (nSPS) is 14.8. The van der Waals surface area contributed by atoms with Crippen molar-refractivity contribution in [1.82, 2.24) is 9.79 Å². The molecule has 236 valence electrons. The first-order valence-corrected chi connectivity index (χ1v) is 15.2. The number of carbonyl (C=O) groups is 2. The van der Waals surface area contributed by atoms with Crippen LogP contribution in [0.1, 0.15) is 66.4 Å². The van der Waals surface area contributed by atoms with E-state index in [0.717, 1.165) is 50.1 Å². The van der Waals surface area contributed by atoms with Crippen molar-refractivity contribution in [2.45, 2.75) is 62.4 Å². The summed E-state index contributed by atoms with van der Waals surface area (Å²) in [5.41, 5.74) is 3.50. The molecule has 0 heterocycles. The highest BCUT2D eigenvalue weighted by Crippen LogP contribution is 2.33. The molecule has 2 amide bonds. The summed E-state index contributed by atoms with van der Waals surface area (Å²) in [5.74, 6) is -13.8. The third-order valence-electron chi connectivity index (χ3n) is 7.92. The van der Waals surface area contributed by atoms with Crippen LogP contribution in [-0.4, -0.2) is 42.8 Å². The number of rotatable bonds is 9. The van der Waals surface area contributed by atoms with Gasteiger partial charge in [0.25, 0.3) is 5.91 Å². The highest BCUT2D eigenvalue weighted by Gasteiger charge is 2.40. The van der Waals surface area contributed by atoms with Crippen LogP contribution in [0.5, 0.6) is 0 Å². The SMILES string of the molecule is C[C@@H](C(=O)N(Cc1ccc(C2CCCCC2)cc1)c1ccc(C(=O)NO)cc1)N(C)S(=O)(=O)c1c(F)c(F)c(F)c(F)c1F. The van der Waals surface area contributed by atoms with Gasteiger partial charge in [-0.1, -0.05) is 43.5 Å². The van der Waals surface area contributed by atoms with E-state index in [1.807, 2.05) is 24.3 Å². The third-order valence-corrected chi connectivity index (χ3v) is 9.86. The number of sulfonamides is 1. The molecule has 44 heavy (non-hydrogen) atoms. The van der Waals surface area contributed by atoms with Crippen LogP contribution in [0.2, 0.25) is 0 Å². The summed E-state index contributed by atoms with van der Waals surface area (Å²) in [7, 11) is -4.65. The van der Waals surface area contributed by atoms with Gasteiger partial charge in [-0.3, -0.25) is 14.8 Å². The fraction of sp³-hybridized carbons (Fsp3) is 0.333. The van der Waals surface area contributed by atoms with Gasteiger partial charge in [-0.25, -0.2) is 35.8 Å². The second kappa shape index (κ2) is 13.4. The largest absolute Gasteiger partial charge is 0.307 e. The molecule has 1 atom stereocenters. The van der Waals surface area contributed by atoms with Crippen molar-refractivity contribution in [3.8, 4) is 0 Å². The zero-order valence-electron chi connectivity index (χ0n) is 23.8. The molecule has 0 radical (unpaired) electrons. The molecule has 0 aliphatic heterocycles. The Balaban J connectivity index is 1.68. The number of benzene rings is 3. The lowest BCUT2D eigenvalue weighted by molar-refractivity contribution is -0.121. The second-order valence-electron chi connectivity index (χ2n) is 10.6. The maximum absolute atomic E-state index is 14.5. The van der Waals surface area contributed by atoms with Crippen LogP contribution in [0.15, 0.2) is 53.4 Å². The number of halogens is 5. The minimum Gasteiger partial charge on any atom is -0.307 e. The van der Waals surface area contributed by atoms with Crippen molar-refractivity contribution >= 4 is 27.5 Å². The number of amides is 2. The lowest BCUT2D eigenvalue weighted by atomic mass is 9.84. The summed E-state index contributed by atoms with van der Waals surface area (Å²) >= 11 is 0. The van der Waals surface area contributed by atoms with Crippen LogP contribution in [0.4, 0.5) is 27.6 Å². The first kappa shape index (κ1) is 33.0. The molecule has 0 aromatic heterocycles.